The number of hydrogen-bond donors (Lipinski definition) is 1. The summed E-state index contributed by atoms with van der Waals surface area (Å²) in [5.41, 5.74) is 3.42. The topological polar surface area (TPSA) is 93.9 Å². The smallest absolute Gasteiger partial charge is 0.306 e. The number of rotatable bonds is 7. The van der Waals surface area contributed by atoms with Gasteiger partial charge in [0.05, 0.1) is 18.9 Å². The highest BCUT2D eigenvalue weighted by atomic mass is 16.5. The third-order valence-electron chi connectivity index (χ3n) is 4.65. The minimum Gasteiger partial charge on any atom is -0.456 e. The molecule has 1 aromatic heterocycles. The predicted octanol–water partition coefficient (Wildman–Crippen LogP) is 2.24. The van der Waals surface area contributed by atoms with Crippen molar-refractivity contribution in [3.05, 3.63) is 41.3 Å². The molecular formula is C20H25N3O5. The Labute approximate surface area is 163 Å². The van der Waals surface area contributed by atoms with E-state index >= 15 is 0 Å². The van der Waals surface area contributed by atoms with E-state index in [1.807, 2.05) is 31.2 Å². The van der Waals surface area contributed by atoms with E-state index < -0.39 is 5.97 Å². The number of hydrogen-bond acceptors (Lipinski definition) is 7. The molecule has 0 spiro atoms. The zero-order valence-corrected chi connectivity index (χ0v) is 16.2. The van der Waals surface area contributed by atoms with Gasteiger partial charge in [0.15, 0.2) is 6.61 Å². The normalized spacial score (nSPS) is 14.0. The van der Waals surface area contributed by atoms with Gasteiger partial charge < -0.3 is 24.2 Å². The second-order valence-electron chi connectivity index (χ2n) is 6.66. The first-order chi connectivity index (χ1) is 13.5. The molecule has 0 unspecified atom stereocenters. The number of ether oxygens (including phenoxy) is 2. The Bertz CT molecular complexity index is 790. The van der Waals surface area contributed by atoms with E-state index in [2.05, 4.69) is 15.4 Å². The standard InChI is InChI=1S/C20H25N3O5/c1-14-18(15(2)28-22-14)7-8-20(25)27-13-19(24)21-16-3-5-17(6-4-16)23-9-11-26-12-10-23/h3-6H,7-13H2,1-2H3,(H,21,24). The molecule has 2 aromatic rings. The number of aromatic nitrogens is 1. The lowest BCUT2D eigenvalue weighted by Gasteiger charge is -2.28. The number of morpholine rings is 1. The molecule has 1 N–H and O–H groups in total. The van der Waals surface area contributed by atoms with Crippen molar-refractivity contribution in [2.45, 2.75) is 26.7 Å². The van der Waals surface area contributed by atoms with E-state index in [1.54, 1.807) is 6.92 Å². The molecule has 8 heteroatoms. The lowest BCUT2D eigenvalue weighted by Crippen LogP contribution is -2.36. The average Bonchev–Trinajstić information content (AvgIpc) is 3.03. The molecule has 150 valence electrons. The van der Waals surface area contributed by atoms with Crippen LogP contribution < -0.4 is 10.2 Å². The van der Waals surface area contributed by atoms with E-state index in [1.165, 1.54) is 0 Å². The van der Waals surface area contributed by atoms with Gasteiger partial charge >= 0.3 is 5.97 Å². The van der Waals surface area contributed by atoms with Crippen LogP contribution in [-0.4, -0.2) is 49.9 Å². The second-order valence-corrected chi connectivity index (χ2v) is 6.66. The van der Waals surface area contributed by atoms with Gasteiger partial charge in [0.25, 0.3) is 5.91 Å². The SMILES string of the molecule is Cc1noc(C)c1CCC(=O)OCC(=O)Nc1ccc(N2CCOCC2)cc1. The molecule has 3 rings (SSSR count). The van der Waals surface area contributed by atoms with Gasteiger partial charge in [-0.3, -0.25) is 9.59 Å². The van der Waals surface area contributed by atoms with Crippen molar-refractivity contribution in [1.29, 1.82) is 0 Å². The first-order valence-electron chi connectivity index (χ1n) is 9.33. The molecule has 1 aliphatic rings. The monoisotopic (exact) mass is 387 g/mol. The highest BCUT2D eigenvalue weighted by Gasteiger charge is 2.14. The van der Waals surface area contributed by atoms with Crippen LogP contribution in [0.4, 0.5) is 11.4 Å². The predicted molar refractivity (Wildman–Crippen MR) is 103 cm³/mol. The molecule has 0 bridgehead atoms. The molecule has 2 heterocycles. The number of nitrogens with zero attached hydrogens (tertiary/aromatic N) is 2. The molecule has 0 saturated carbocycles. The number of carbonyl (C=O) groups is 2. The van der Waals surface area contributed by atoms with Crippen LogP contribution in [0.5, 0.6) is 0 Å². The Hall–Kier alpha value is -2.87. The third kappa shape index (κ3) is 5.32. The molecule has 1 saturated heterocycles. The van der Waals surface area contributed by atoms with Crippen molar-refractivity contribution in [2.24, 2.45) is 0 Å². The largest absolute Gasteiger partial charge is 0.456 e. The first-order valence-corrected chi connectivity index (χ1v) is 9.33. The van der Waals surface area contributed by atoms with Gasteiger partial charge in [0.1, 0.15) is 5.76 Å². The van der Waals surface area contributed by atoms with Crippen molar-refractivity contribution in [2.75, 3.05) is 43.1 Å². The quantitative estimate of drug-likeness (QED) is 0.728. The molecule has 8 nitrogen and oxygen atoms in total. The lowest BCUT2D eigenvalue weighted by atomic mass is 10.1. The maximum Gasteiger partial charge on any atom is 0.306 e. The number of esters is 1. The Kier molecular flexibility index (Phi) is 6.65. The highest BCUT2D eigenvalue weighted by molar-refractivity contribution is 5.92. The molecular weight excluding hydrogens is 362 g/mol. The van der Waals surface area contributed by atoms with Crippen molar-refractivity contribution in [3.8, 4) is 0 Å². The molecule has 0 atom stereocenters. The van der Waals surface area contributed by atoms with E-state index in [0.29, 0.717) is 17.9 Å². The minimum absolute atomic E-state index is 0.171. The van der Waals surface area contributed by atoms with Gasteiger partial charge in [-0.2, -0.15) is 0 Å². The van der Waals surface area contributed by atoms with Gasteiger partial charge in [-0.05, 0) is 44.5 Å². The number of benzene rings is 1. The summed E-state index contributed by atoms with van der Waals surface area (Å²) in [7, 11) is 0. The maximum atomic E-state index is 12.0. The van der Waals surface area contributed by atoms with Crippen LogP contribution in [0.3, 0.4) is 0 Å². The van der Waals surface area contributed by atoms with Crippen molar-refractivity contribution >= 4 is 23.3 Å². The summed E-state index contributed by atoms with van der Waals surface area (Å²) < 4.78 is 15.5. The third-order valence-corrected chi connectivity index (χ3v) is 4.65. The first kappa shape index (κ1) is 19.9. The summed E-state index contributed by atoms with van der Waals surface area (Å²) in [4.78, 5) is 26.1. The number of carbonyl (C=O) groups excluding carboxylic acids is 2. The fourth-order valence-corrected chi connectivity index (χ4v) is 3.08. The summed E-state index contributed by atoms with van der Waals surface area (Å²) in [5, 5.41) is 6.58. The van der Waals surface area contributed by atoms with E-state index in [9.17, 15) is 9.59 Å². The van der Waals surface area contributed by atoms with Crippen LogP contribution >= 0.6 is 0 Å². The Morgan fingerprint density at radius 1 is 1.18 bits per heavy atom. The second kappa shape index (κ2) is 9.36. The van der Waals surface area contributed by atoms with Crippen molar-refractivity contribution in [1.82, 2.24) is 5.16 Å². The minimum atomic E-state index is -0.433. The molecule has 0 aliphatic carbocycles. The van der Waals surface area contributed by atoms with Crippen LogP contribution in [0.2, 0.25) is 0 Å². The van der Waals surface area contributed by atoms with Crippen molar-refractivity contribution < 1.29 is 23.6 Å². The van der Waals surface area contributed by atoms with E-state index in [0.717, 1.165) is 43.2 Å². The van der Waals surface area contributed by atoms with Gasteiger partial charge in [0, 0.05) is 36.4 Å². The summed E-state index contributed by atoms with van der Waals surface area (Å²) in [6, 6.07) is 7.58. The van der Waals surface area contributed by atoms with Crippen LogP contribution in [0.1, 0.15) is 23.4 Å². The van der Waals surface area contributed by atoms with E-state index in [-0.39, 0.29) is 18.9 Å². The van der Waals surface area contributed by atoms with Gasteiger partial charge in [-0.25, -0.2) is 0 Å². The molecule has 1 fully saturated rings. The van der Waals surface area contributed by atoms with Crippen LogP contribution in [0.25, 0.3) is 0 Å². The molecule has 1 aromatic carbocycles. The van der Waals surface area contributed by atoms with E-state index in [4.69, 9.17) is 14.0 Å². The zero-order chi connectivity index (χ0) is 19.9. The van der Waals surface area contributed by atoms with Crippen LogP contribution in [0, 0.1) is 13.8 Å². The Morgan fingerprint density at radius 3 is 2.54 bits per heavy atom. The Morgan fingerprint density at radius 2 is 1.89 bits per heavy atom. The fourth-order valence-electron chi connectivity index (χ4n) is 3.08. The number of anilines is 2. The average molecular weight is 387 g/mol. The number of nitrogens with one attached hydrogen (secondary N) is 1. The molecule has 1 amide bonds. The van der Waals surface area contributed by atoms with Gasteiger partial charge in [-0.15, -0.1) is 0 Å². The van der Waals surface area contributed by atoms with Gasteiger partial charge in [-0.1, -0.05) is 5.16 Å². The van der Waals surface area contributed by atoms with Gasteiger partial charge in [0.2, 0.25) is 0 Å². The van der Waals surface area contributed by atoms with Crippen LogP contribution in [-0.2, 0) is 25.5 Å². The number of aryl methyl sites for hydroxylation is 2. The summed E-state index contributed by atoms with van der Waals surface area (Å²) >= 11 is 0. The number of amides is 1. The Balaban J connectivity index is 1.40. The summed E-state index contributed by atoms with van der Waals surface area (Å²) in [6.45, 7) is 6.48. The highest BCUT2D eigenvalue weighted by Crippen LogP contribution is 2.19. The molecule has 28 heavy (non-hydrogen) atoms. The van der Waals surface area contributed by atoms with Crippen molar-refractivity contribution in [3.63, 3.8) is 0 Å². The summed E-state index contributed by atoms with van der Waals surface area (Å²) in [6.07, 6.45) is 0.648. The molecule has 1 aliphatic heterocycles. The fraction of sp³-hybridized carbons (Fsp3) is 0.450. The lowest BCUT2D eigenvalue weighted by molar-refractivity contribution is -0.147. The molecule has 0 radical (unpaired) electrons. The zero-order valence-electron chi connectivity index (χ0n) is 16.2. The van der Waals surface area contributed by atoms with Crippen LogP contribution in [0.15, 0.2) is 28.8 Å². The summed E-state index contributed by atoms with van der Waals surface area (Å²) in [5.74, 6) is -0.105. The maximum absolute atomic E-state index is 12.0.